The van der Waals surface area contributed by atoms with Crippen LogP contribution in [0.1, 0.15) is 30.5 Å². The molecule has 1 aliphatic rings. The first-order valence-corrected chi connectivity index (χ1v) is 11.5. The molecular weight excluding hydrogens is 483 g/mol. The smallest absolute Gasteiger partial charge is 0.416 e. The number of halogens is 3. The molecule has 35 heavy (non-hydrogen) atoms. The zero-order chi connectivity index (χ0) is 25.4. The van der Waals surface area contributed by atoms with Crippen molar-refractivity contribution in [2.75, 3.05) is 11.4 Å². The molecule has 0 spiro atoms. The number of anilines is 2. The Bertz CT molecular complexity index is 1230. The minimum atomic E-state index is -4.48. The van der Waals surface area contributed by atoms with Crippen molar-refractivity contribution in [2.24, 2.45) is 0 Å². The van der Waals surface area contributed by atoms with E-state index in [9.17, 15) is 27.9 Å². The Hall–Kier alpha value is -3.60. The number of aliphatic carboxylic acids is 1. The SMILES string of the molecule is CC(C)(Oc1ccc2c(c1)CCN(C(=O)N(c1ccc(C(F)(F)F)cc1)c1nccs1)C2)C(=O)O. The second-order valence-electron chi connectivity index (χ2n) is 8.50. The van der Waals surface area contributed by atoms with E-state index >= 15 is 0 Å². The van der Waals surface area contributed by atoms with Crippen LogP contribution in [0.25, 0.3) is 0 Å². The molecule has 2 aromatic carbocycles. The van der Waals surface area contributed by atoms with E-state index in [-0.39, 0.29) is 12.2 Å². The third kappa shape index (κ3) is 5.24. The lowest BCUT2D eigenvalue weighted by Gasteiger charge is -2.33. The van der Waals surface area contributed by atoms with Gasteiger partial charge in [-0.25, -0.2) is 19.5 Å². The molecule has 0 saturated heterocycles. The second kappa shape index (κ2) is 9.21. The molecule has 1 N–H and O–H groups in total. The van der Waals surface area contributed by atoms with Crippen LogP contribution in [0.15, 0.2) is 54.0 Å². The highest BCUT2D eigenvalue weighted by molar-refractivity contribution is 7.13. The highest BCUT2D eigenvalue weighted by Gasteiger charge is 2.33. The van der Waals surface area contributed by atoms with Crippen molar-refractivity contribution in [3.8, 4) is 5.75 Å². The Labute approximate surface area is 203 Å². The summed E-state index contributed by atoms with van der Waals surface area (Å²) in [5.41, 5.74) is -0.104. The van der Waals surface area contributed by atoms with Crippen LogP contribution in [0.3, 0.4) is 0 Å². The van der Waals surface area contributed by atoms with Crippen molar-refractivity contribution in [1.82, 2.24) is 9.88 Å². The van der Waals surface area contributed by atoms with Crippen molar-refractivity contribution < 1.29 is 32.6 Å². The van der Waals surface area contributed by atoms with E-state index in [4.69, 9.17) is 4.74 Å². The molecule has 0 unspecified atom stereocenters. The highest BCUT2D eigenvalue weighted by atomic mass is 32.1. The van der Waals surface area contributed by atoms with Crippen LogP contribution in [0, 0.1) is 0 Å². The number of alkyl halides is 3. The summed E-state index contributed by atoms with van der Waals surface area (Å²) in [5.74, 6) is -0.664. The number of benzene rings is 2. The fraction of sp³-hybridized carbons (Fsp3) is 0.292. The largest absolute Gasteiger partial charge is 0.478 e. The van der Waals surface area contributed by atoms with Gasteiger partial charge in [0.15, 0.2) is 10.7 Å². The van der Waals surface area contributed by atoms with E-state index in [2.05, 4.69) is 4.98 Å². The number of hydrogen-bond acceptors (Lipinski definition) is 5. The van der Waals surface area contributed by atoms with Gasteiger partial charge in [-0.15, -0.1) is 11.3 Å². The molecule has 0 saturated carbocycles. The average molecular weight is 506 g/mol. The lowest BCUT2D eigenvalue weighted by Crippen LogP contribution is -2.43. The number of thiazole rings is 1. The Kier molecular flexibility index (Phi) is 6.46. The predicted molar refractivity (Wildman–Crippen MR) is 124 cm³/mol. The number of amides is 2. The molecule has 184 valence electrons. The van der Waals surface area contributed by atoms with E-state index in [1.165, 1.54) is 48.4 Å². The monoisotopic (exact) mass is 505 g/mol. The molecule has 1 aromatic heterocycles. The summed E-state index contributed by atoms with van der Waals surface area (Å²) in [4.78, 5) is 32.0. The summed E-state index contributed by atoms with van der Waals surface area (Å²) in [6.07, 6.45) is -2.45. The number of hydrogen-bond donors (Lipinski definition) is 1. The van der Waals surface area contributed by atoms with E-state index in [1.54, 1.807) is 28.5 Å². The Morgan fingerprint density at radius 1 is 1.11 bits per heavy atom. The van der Waals surface area contributed by atoms with Gasteiger partial charge in [-0.05, 0) is 67.8 Å². The van der Waals surface area contributed by atoms with E-state index in [0.29, 0.717) is 23.8 Å². The fourth-order valence-electron chi connectivity index (χ4n) is 3.66. The molecule has 1 aliphatic heterocycles. The van der Waals surface area contributed by atoms with Gasteiger partial charge >= 0.3 is 18.2 Å². The third-order valence-corrected chi connectivity index (χ3v) is 6.36. The molecule has 2 amide bonds. The zero-order valence-electron chi connectivity index (χ0n) is 18.9. The maximum atomic E-state index is 13.5. The van der Waals surface area contributed by atoms with E-state index < -0.39 is 29.3 Å². The van der Waals surface area contributed by atoms with Gasteiger partial charge in [0, 0.05) is 24.7 Å². The number of fused-ring (bicyclic) bond motifs is 1. The molecule has 4 rings (SSSR count). The maximum absolute atomic E-state index is 13.5. The number of rotatable bonds is 5. The van der Waals surface area contributed by atoms with Gasteiger partial charge in [0.2, 0.25) is 0 Å². The van der Waals surface area contributed by atoms with Gasteiger partial charge in [-0.1, -0.05) is 6.07 Å². The summed E-state index contributed by atoms with van der Waals surface area (Å²) in [6, 6.07) is 9.21. The topological polar surface area (TPSA) is 83.0 Å². The molecule has 3 aromatic rings. The number of carboxylic acid groups (broad SMARTS) is 1. The van der Waals surface area contributed by atoms with Crippen LogP contribution in [0.4, 0.5) is 28.8 Å². The third-order valence-electron chi connectivity index (χ3n) is 5.60. The number of aromatic nitrogens is 1. The van der Waals surface area contributed by atoms with Crippen molar-refractivity contribution in [2.45, 2.75) is 38.6 Å². The fourth-order valence-corrected chi connectivity index (χ4v) is 4.32. The molecule has 7 nitrogen and oxygen atoms in total. The minimum Gasteiger partial charge on any atom is -0.478 e. The number of urea groups is 1. The van der Waals surface area contributed by atoms with Crippen LogP contribution in [0.5, 0.6) is 5.75 Å². The van der Waals surface area contributed by atoms with Crippen molar-refractivity contribution in [3.05, 3.63) is 70.7 Å². The minimum absolute atomic E-state index is 0.277. The first kappa shape index (κ1) is 24.5. The molecule has 0 aliphatic carbocycles. The first-order chi connectivity index (χ1) is 16.5. The van der Waals surface area contributed by atoms with Crippen LogP contribution in [-0.2, 0) is 23.9 Å². The second-order valence-corrected chi connectivity index (χ2v) is 9.37. The predicted octanol–water partition coefficient (Wildman–Crippen LogP) is 5.72. The molecule has 11 heteroatoms. The summed E-state index contributed by atoms with van der Waals surface area (Å²) in [5, 5.41) is 11.3. The standard InChI is InChI=1S/C24H22F3N3O4S/c1-23(2,20(31)32)34-19-8-3-16-14-29(11-9-15(16)13-19)22(33)30(21-28-10-12-35-21)18-6-4-17(5-7-18)24(25,26)27/h3-8,10,12-13H,9,11,14H2,1-2H3,(H,31,32). The van der Waals surface area contributed by atoms with Gasteiger partial charge in [-0.3, -0.25) is 0 Å². The van der Waals surface area contributed by atoms with Crippen molar-refractivity contribution >= 4 is 34.2 Å². The van der Waals surface area contributed by atoms with Crippen molar-refractivity contribution in [3.63, 3.8) is 0 Å². The van der Waals surface area contributed by atoms with Gasteiger partial charge in [0.25, 0.3) is 0 Å². The van der Waals surface area contributed by atoms with Gasteiger partial charge < -0.3 is 14.7 Å². The summed E-state index contributed by atoms with van der Waals surface area (Å²) in [7, 11) is 0. The molecular formula is C24H22F3N3O4S. The first-order valence-electron chi connectivity index (χ1n) is 10.7. The number of carboxylic acids is 1. The molecule has 0 atom stereocenters. The Balaban J connectivity index is 1.57. The average Bonchev–Trinajstić information content (AvgIpc) is 3.32. The van der Waals surface area contributed by atoms with Crippen LogP contribution in [-0.4, -0.2) is 39.1 Å². The maximum Gasteiger partial charge on any atom is 0.416 e. The van der Waals surface area contributed by atoms with E-state index in [0.717, 1.165) is 23.3 Å². The molecule has 2 heterocycles. The highest BCUT2D eigenvalue weighted by Crippen LogP contribution is 2.35. The Morgan fingerprint density at radius 2 is 1.83 bits per heavy atom. The molecule has 0 radical (unpaired) electrons. The van der Waals surface area contributed by atoms with Crippen LogP contribution >= 0.6 is 11.3 Å². The van der Waals surface area contributed by atoms with Gasteiger partial charge in [0.05, 0.1) is 11.3 Å². The van der Waals surface area contributed by atoms with Gasteiger partial charge in [0.1, 0.15) is 5.75 Å². The lowest BCUT2D eigenvalue weighted by molar-refractivity contribution is -0.152. The van der Waals surface area contributed by atoms with E-state index in [1.807, 2.05) is 0 Å². The van der Waals surface area contributed by atoms with Crippen LogP contribution in [0.2, 0.25) is 0 Å². The Morgan fingerprint density at radius 3 is 2.43 bits per heavy atom. The number of ether oxygens (including phenoxy) is 1. The number of carbonyl (C=O) groups is 2. The van der Waals surface area contributed by atoms with Crippen LogP contribution < -0.4 is 9.64 Å². The quantitative estimate of drug-likeness (QED) is 0.480. The molecule has 0 fully saturated rings. The summed E-state index contributed by atoms with van der Waals surface area (Å²) < 4.78 is 44.6. The van der Waals surface area contributed by atoms with Crippen molar-refractivity contribution in [1.29, 1.82) is 0 Å². The van der Waals surface area contributed by atoms with Gasteiger partial charge in [-0.2, -0.15) is 13.2 Å². The zero-order valence-corrected chi connectivity index (χ0v) is 19.7. The number of carbonyl (C=O) groups excluding carboxylic acids is 1. The summed E-state index contributed by atoms with van der Waals surface area (Å²) >= 11 is 1.20. The normalized spacial score (nSPS) is 13.8. The number of nitrogens with zero attached hydrogens (tertiary/aromatic N) is 3. The summed E-state index contributed by atoms with van der Waals surface area (Å²) in [6.45, 7) is 3.56. The molecule has 0 bridgehead atoms. The lowest BCUT2D eigenvalue weighted by atomic mass is 9.99.